The molecule has 0 radical (unpaired) electrons. The number of nitrogens with two attached hydrogens (primary N) is 1. The molecule has 0 aliphatic carbocycles. The fraction of sp³-hybridized carbons (Fsp3) is 0.440. The van der Waals surface area contributed by atoms with Gasteiger partial charge in [-0.3, -0.25) is 4.90 Å². The van der Waals surface area contributed by atoms with Gasteiger partial charge in [-0.1, -0.05) is 12.1 Å². The number of aryl methyl sites for hydroxylation is 1. The number of morpholine rings is 1. The van der Waals surface area contributed by atoms with Crippen molar-refractivity contribution in [1.29, 1.82) is 0 Å². The number of rotatable bonds is 12. The van der Waals surface area contributed by atoms with Gasteiger partial charge in [-0.25, -0.2) is 0 Å². The average Bonchev–Trinajstić information content (AvgIpc) is 3.35. The molecule has 1 fully saturated rings. The molecule has 1 aromatic carbocycles. The van der Waals surface area contributed by atoms with Crippen LogP contribution < -0.4 is 21.1 Å². The third-order valence-corrected chi connectivity index (χ3v) is 6.17. The van der Waals surface area contributed by atoms with Gasteiger partial charge in [-0.2, -0.15) is 9.97 Å². The molecule has 0 bridgehead atoms. The topological polar surface area (TPSA) is 113 Å². The Bertz CT molecular complexity index is 1080. The lowest BCUT2D eigenvalue weighted by atomic mass is 10.0. The molecule has 3 heterocycles. The molecular formula is C25H35N7O2. The maximum absolute atomic E-state index is 5.90. The van der Waals surface area contributed by atoms with Crippen molar-refractivity contribution in [1.82, 2.24) is 19.9 Å². The van der Waals surface area contributed by atoms with E-state index in [0.717, 1.165) is 73.9 Å². The summed E-state index contributed by atoms with van der Waals surface area (Å²) in [5.74, 6) is 2.00. The Balaban J connectivity index is 1.47. The van der Waals surface area contributed by atoms with Gasteiger partial charge in [0.1, 0.15) is 17.2 Å². The Morgan fingerprint density at radius 1 is 1.26 bits per heavy atom. The lowest BCUT2D eigenvalue weighted by Crippen LogP contribution is -2.44. The van der Waals surface area contributed by atoms with Gasteiger partial charge >= 0.3 is 0 Å². The fourth-order valence-electron chi connectivity index (χ4n) is 4.39. The van der Waals surface area contributed by atoms with Crippen molar-refractivity contribution in [3.05, 3.63) is 48.7 Å². The van der Waals surface area contributed by atoms with Gasteiger partial charge in [-0.05, 0) is 49.6 Å². The zero-order chi connectivity index (χ0) is 23.8. The minimum atomic E-state index is 0.472. The highest BCUT2D eigenvalue weighted by Gasteiger charge is 2.20. The van der Waals surface area contributed by atoms with E-state index in [1.54, 1.807) is 13.2 Å². The number of ether oxygens (including phenoxy) is 2. The standard InChI is InChI=1S/C25H35N7O2/c1-3-11-27-23-20-9-12-28-24(20)31-25(30-23)29-21-7-5-18(17-22(21)33-2)4-6-19(8-10-26)32-13-15-34-16-14-32/h3,5,7,9,12,17,19H,1,4,6,8,10-11,13-16,26H2,2H3,(H3,27,28,29,30,31). The Morgan fingerprint density at radius 3 is 2.88 bits per heavy atom. The van der Waals surface area contributed by atoms with Crippen LogP contribution in [0.15, 0.2) is 43.1 Å². The van der Waals surface area contributed by atoms with E-state index in [1.807, 2.05) is 18.3 Å². The van der Waals surface area contributed by atoms with Crippen LogP contribution in [0.25, 0.3) is 11.0 Å². The summed E-state index contributed by atoms with van der Waals surface area (Å²) in [4.78, 5) is 14.9. The number of aromatic amines is 1. The summed E-state index contributed by atoms with van der Waals surface area (Å²) in [5.41, 5.74) is 8.70. The number of nitrogens with zero attached hydrogens (tertiary/aromatic N) is 3. The molecule has 1 unspecified atom stereocenters. The second-order valence-corrected chi connectivity index (χ2v) is 8.38. The summed E-state index contributed by atoms with van der Waals surface area (Å²) in [7, 11) is 1.68. The predicted molar refractivity (Wildman–Crippen MR) is 137 cm³/mol. The summed E-state index contributed by atoms with van der Waals surface area (Å²) < 4.78 is 11.2. The molecule has 2 aromatic heterocycles. The third-order valence-electron chi connectivity index (χ3n) is 6.17. The Hall–Kier alpha value is -3.14. The fourth-order valence-corrected chi connectivity index (χ4v) is 4.39. The summed E-state index contributed by atoms with van der Waals surface area (Å²) >= 11 is 0. The van der Waals surface area contributed by atoms with E-state index < -0.39 is 0 Å². The van der Waals surface area contributed by atoms with Gasteiger partial charge < -0.3 is 30.8 Å². The second kappa shape index (κ2) is 11.8. The first-order valence-electron chi connectivity index (χ1n) is 11.9. The van der Waals surface area contributed by atoms with Crippen molar-refractivity contribution >= 4 is 28.5 Å². The third kappa shape index (κ3) is 5.85. The predicted octanol–water partition coefficient (Wildman–Crippen LogP) is 3.29. The quantitative estimate of drug-likeness (QED) is 0.301. The smallest absolute Gasteiger partial charge is 0.231 e. The van der Waals surface area contributed by atoms with Crippen molar-refractivity contribution < 1.29 is 9.47 Å². The highest BCUT2D eigenvalue weighted by Crippen LogP contribution is 2.30. The molecule has 9 heteroatoms. The monoisotopic (exact) mass is 465 g/mol. The molecule has 4 rings (SSSR count). The van der Waals surface area contributed by atoms with E-state index in [9.17, 15) is 0 Å². The highest BCUT2D eigenvalue weighted by atomic mass is 16.5. The first-order chi connectivity index (χ1) is 16.7. The summed E-state index contributed by atoms with van der Waals surface area (Å²) in [5, 5.41) is 7.52. The number of methoxy groups -OCH3 is 1. The number of benzene rings is 1. The molecule has 3 aromatic rings. The van der Waals surface area contributed by atoms with Crippen molar-refractivity contribution in [2.24, 2.45) is 5.73 Å². The zero-order valence-electron chi connectivity index (χ0n) is 19.8. The van der Waals surface area contributed by atoms with Crippen LogP contribution in [-0.4, -0.2) is 72.4 Å². The Kier molecular flexibility index (Phi) is 8.35. The molecule has 1 atom stereocenters. The maximum atomic E-state index is 5.90. The Morgan fingerprint density at radius 2 is 2.12 bits per heavy atom. The first-order valence-corrected chi connectivity index (χ1v) is 11.9. The summed E-state index contributed by atoms with van der Waals surface area (Å²) in [6, 6.07) is 8.67. The van der Waals surface area contributed by atoms with E-state index in [-0.39, 0.29) is 0 Å². The Labute approximate surface area is 200 Å². The van der Waals surface area contributed by atoms with E-state index in [0.29, 0.717) is 25.1 Å². The summed E-state index contributed by atoms with van der Waals surface area (Å²) in [6.07, 6.45) is 6.66. The number of hydrogen-bond acceptors (Lipinski definition) is 8. The van der Waals surface area contributed by atoms with E-state index in [4.69, 9.17) is 15.2 Å². The number of H-pyrrole nitrogens is 1. The van der Waals surface area contributed by atoms with Crippen molar-refractivity contribution in [2.75, 3.05) is 57.1 Å². The molecule has 9 nitrogen and oxygen atoms in total. The lowest BCUT2D eigenvalue weighted by Gasteiger charge is -2.34. The van der Waals surface area contributed by atoms with Crippen molar-refractivity contribution in [3.63, 3.8) is 0 Å². The maximum Gasteiger partial charge on any atom is 0.231 e. The molecular weight excluding hydrogens is 430 g/mol. The number of fused-ring (bicyclic) bond motifs is 1. The van der Waals surface area contributed by atoms with Crippen LogP contribution in [0.4, 0.5) is 17.5 Å². The van der Waals surface area contributed by atoms with E-state index in [1.165, 1.54) is 5.56 Å². The minimum Gasteiger partial charge on any atom is -0.495 e. The van der Waals surface area contributed by atoms with Crippen LogP contribution in [0.1, 0.15) is 18.4 Å². The van der Waals surface area contributed by atoms with E-state index >= 15 is 0 Å². The van der Waals surface area contributed by atoms with Gasteiger partial charge in [0.15, 0.2) is 0 Å². The summed E-state index contributed by atoms with van der Waals surface area (Å²) in [6.45, 7) is 8.64. The van der Waals surface area contributed by atoms with Crippen LogP contribution in [-0.2, 0) is 11.2 Å². The van der Waals surface area contributed by atoms with Crippen LogP contribution in [0, 0.1) is 0 Å². The molecule has 0 saturated carbocycles. The molecule has 0 amide bonds. The van der Waals surface area contributed by atoms with Crippen molar-refractivity contribution in [3.8, 4) is 5.75 Å². The molecule has 34 heavy (non-hydrogen) atoms. The number of anilines is 3. The van der Waals surface area contributed by atoms with Crippen molar-refractivity contribution in [2.45, 2.75) is 25.3 Å². The van der Waals surface area contributed by atoms with Crippen LogP contribution in [0.3, 0.4) is 0 Å². The second-order valence-electron chi connectivity index (χ2n) is 8.38. The molecule has 1 aliphatic rings. The lowest BCUT2D eigenvalue weighted by molar-refractivity contribution is 0.0135. The normalized spacial score (nSPS) is 15.2. The van der Waals surface area contributed by atoms with Crippen LogP contribution >= 0.6 is 0 Å². The number of hydrogen-bond donors (Lipinski definition) is 4. The van der Waals surface area contributed by atoms with Gasteiger partial charge in [0.05, 0.1) is 31.4 Å². The largest absolute Gasteiger partial charge is 0.495 e. The molecule has 0 spiro atoms. The molecule has 1 saturated heterocycles. The SMILES string of the molecule is C=CCNc1nc(Nc2ccc(CCC(CCN)N3CCOCC3)cc2OC)nc2[nH]ccc12. The van der Waals surface area contributed by atoms with Gasteiger partial charge in [0, 0.05) is 31.9 Å². The van der Waals surface area contributed by atoms with Crippen LogP contribution in [0.5, 0.6) is 5.75 Å². The number of nitrogens with one attached hydrogen (secondary N) is 3. The van der Waals surface area contributed by atoms with E-state index in [2.05, 4.69) is 49.2 Å². The number of aromatic nitrogens is 3. The molecule has 182 valence electrons. The molecule has 1 aliphatic heterocycles. The average molecular weight is 466 g/mol. The first kappa shape index (κ1) is 24.0. The van der Waals surface area contributed by atoms with Crippen LogP contribution in [0.2, 0.25) is 0 Å². The minimum absolute atomic E-state index is 0.472. The molecule has 5 N–H and O–H groups in total. The van der Waals surface area contributed by atoms with Gasteiger partial charge in [-0.15, -0.1) is 6.58 Å². The van der Waals surface area contributed by atoms with Gasteiger partial charge in [0.25, 0.3) is 0 Å². The zero-order valence-corrected chi connectivity index (χ0v) is 19.8. The van der Waals surface area contributed by atoms with Gasteiger partial charge in [0.2, 0.25) is 5.95 Å². The highest BCUT2D eigenvalue weighted by molar-refractivity contribution is 5.88.